The highest BCUT2D eigenvalue weighted by molar-refractivity contribution is 6.36. The van der Waals surface area contributed by atoms with E-state index in [9.17, 15) is 9.90 Å². The maximum atomic E-state index is 11.7. The summed E-state index contributed by atoms with van der Waals surface area (Å²) in [7, 11) is 3.39. The summed E-state index contributed by atoms with van der Waals surface area (Å²) in [5.41, 5.74) is 9.89. The van der Waals surface area contributed by atoms with Crippen molar-refractivity contribution < 1.29 is 14.6 Å². The maximum Gasteiger partial charge on any atom is 0.220 e. The number of carbonyl (C=O) groups excluding carboxylic acids is 1. The van der Waals surface area contributed by atoms with Crippen molar-refractivity contribution in [3.05, 3.63) is 87.1 Å². The minimum atomic E-state index is -0.918. The largest absolute Gasteiger partial charge is 0.481 e. The van der Waals surface area contributed by atoms with Gasteiger partial charge in [0.05, 0.1) is 29.6 Å². The Morgan fingerprint density at radius 2 is 1.83 bits per heavy atom. The van der Waals surface area contributed by atoms with E-state index in [1.165, 1.54) is 10.6 Å². The molecule has 4 N–H and O–H groups in total. The van der Waals surface area contributed by atoms with E-state index in [0.29, 0.717) is 28.7 Å². The zero-order valence-electron chi connectivity index (χ0n) is 26.9. The number of nitrogens with one attached hydrogen (secondary N) is 3. The maximum absolute atomic E-state index is 11.7. The van der Waals surface area contributed by atoms with E-state index in [1.54, 1.807) is 20.4 Å². The Balaban J connectivity index is 1.20. The van der Waals surface area contributed by atoms with Crippen LogP contribution in [-0.4, -0.2) is 58.9 Å². The molecule has 0 radical (unpaired) electrons. The van der Waals surface area contributed by atoms with Crippen molar-refractivity contribution in [3.63, 3.8) is 0 Å². The number of carbonyl (C=O) groups is 1. The number of aromatic nitrogens is 2. The number of halogens is 1. The topological polar surface area (TPSA) is 124 Å². The van der Waals surface area contributed by atoms with Gasteiger partial charge in [0.1, 0.15) is 5.82 Å². The number of pyridine rings is 2. The number of aryl methyl sites for hydroxylation is 2. The number of fused-ring (bicyclic) bond motifs is 2. The molecule has 7 rings (SSSR count). The highest BCUT2D eigenvalue weighted by Crippen LogP contribution is 2.43. The van der Waals surface area contributed by atoms with Crippen molar-refractivity contribution in [1.29, 1.82) is 0 Å². The third-order valence-electron chi connectivity index (χ3n) is 9.41. The summed E-state index contributed by atoms with van der Waals surface area (Å²) >= 11 is 7.21. The number of methoxy groups -OCH3 is 1. The molecular weight excluding hydrogens is 614 g/mol. The predicted molar refractivity (Wildman–Crippen MR) is 184 cm³/mol. The molecule has 242 valence electrons. The molecule has 0 spiro atoms. The smallest absolute Gasteiger partial charge is 0.220 e. The van der Waals surface area contributed by atoms with Gasteiger partial charge in [0, 0.05) is 65.7 Å². The van der Waals surface area contributed by atoms with Crippen LogP contribution in [0.5, 0.6) is 5.88 Å². The first-order valence-corrected chi connectivity index (χ1v) is 16.3. The summed E-state index contributed by atoms with van der Waals surface area (Å²) < 4.78 is 5.84. The third-order valence-corrected chi connectivity index (χ3v) is 9.82. The molecule has 2 aromatic carbocycles. The highest BCUT2D eigenvalue weighted by atomic mass is 35.5. The Labute approximate surface area is 279 Å². The average molecular weight is 652 g/mol. The van der Waals surface area contributed by atoms with Crippen LogP contribution in [0.2, 0.25) is 5.02 Å². The van der Waals surface area contributed by atoms with Crippen molar-refractivity contribution in [3.8, 4) is 28.3 Å². The second-order valence-electron chi connectivity index (χ2n) is 12.5. The first-order chi connectivity index (χ1) is 22.7. The summed E-state index contributed by atoms with van der Waals surface area (Å²) in [6.07, 6.45) is 4.10. The summed E-state index contributed by atoms with van der Waals surface area (Å²) in [5.74, 6) is 1.30. The van der Waals surface area contributed by atoms with Gasteiger partial charge in [0.2, 0.25) is 11.8 Å². The fourth-order valence-corrected chi connectivity index (χ4v) is 7.26. The fraction of sp³-hybridized carbons (Fsp3) is 0.333. The minimum Gasteiger partial charge on any atom is -0.481 e. The molecular formula is C36H38ClN7O3. The average Bonchev–Trinajstić information content (AvgIpc) is 3.68. The zero-order valence-corrected chi connectivity index (χ0v) is 27.7. The number of aliphatic hydroxyl groups excluding tert-OH is 1. The second kappa shape index (κ2) is 12.6. The van der Waals surface area contributed by atoms with E-state index < -0.39 is 6.23 Å². The predicted octanol–water partition coefficient (Wildman–Crippen LogP) is 5.96. The molecule has 11 heteroatoms. The van der Waals surface area contributed by atoms with Gasteiger partial charge in [-0.3, -0.25) is 9.80 Å². The van der Waals surface area contributed by atoms with E-state index in [0.717, 1.165) is 76.3 Å². The summed E-state index contributed by atoms with van der Waals surface area (Å²) in [5, 5.41) is 27.5. The minimum absolute atomic E-state index is 0.112. The van der Waals surface area contributed by atoms with Gasteiger partial charge in [-0.15, -0.1) is 0 Å². The Morgan fingerprint density at radius 1 is 1.04 bits per heavy atom. The molecule has 1 unspecified atom stereocenters. The van der Waals surface area contributed by atoms with E-state index >= 15 is 0 Å². The number of benzene rings is 2. The number of rotatable bonds is 8. The van der Waals surface area contributed by atoms with Gasteiger partial charge in [-0.2, -0.15) is 5.10 Å². The van der Waals surface area contributed by atoms with Crippen LogP contribution in [0.25, 0.3) is 22.4 Å². The van der Waals surface area contributed by atoms with Crippen LogP contribution < -0.4 is 20.7 Å². The van der Waals surface area contributed by atoms with Crippen molar-refractivity contribution >= 4 is 35.2 Å². The van der Waals surface area contributed by atoms with Gasteiger partial charge in [-0.1, -0.05) is 41.9 Å². The van der Waals surface area contributed by atoms with Gasteiger partial charge >= 0.3 is 0 Å². The number of hydrazone groups is 1. The fourth-order valence-electron chi connectivity index (χ4n) is 6.93. The molecule has 10 nitrogen and oxygen atoms in total. The molecule has 1 fully saturated rings. The molecule has 0 bridgehead atoms. The quantitative estimate of drug-likeness (QED) is 0.184. The first-order valence-electron chi connectivity index (χ1n) is 15.9. The van der Waals surface area contributed by atoms with Gasteiger partial charge in [-0.25, -0.2) is 9.97 Å². The van der Waals surface area contributed by atoms with E-state index in [2.05, 4.69) is 33.2 Å². The molecule has 2 aromatic heterocycles. The number of hydrogen-bond donors (Lipinski definition) is 4. The normalized spacial score (nSPS) is 19.8. The van der Waals surface area contributed by atoms with Crippen LogP contribution in [-0.2, 0) is 11.2 Å². The van der Waals surface area contributed by atoms with Crippen LogP contribution in [0.4, 0.5) is 11.5 Å². The Morgan fingerprint density at radius 3 is 2.62 bits per heavy atom. The van der Waals surface area contributed by atoms with Crippen molar-refractivity contribution in [2.45, 2.75) is 57.8 Å². The highest BCUT2D eigenvalue weighted by Gasteiger charge is 2.31. The van der Waals surface area contributed by atoms with Crippen molar-refractivity contribution in [1.82, 2.24) is 25.6 Å². The van der Waals surface area contributed by atoms with Crippen LogP contribution in [0.15, 0.2) is 53.6 Å². The van der Waals surface area contributed by atoms with E-state index in [-0.39, 0.29) is 18.0 Å². The molecule has 3 atom stereocenters. The third kappa shape index (κ3) is 5.81. The zero-order chi connectivity index (χ0) is 32.8. The number of amides is 1. The molecule has 0 saturated carbocycles. The lowest BCUT2D eigenvalue weighted by atomic mass is 9.95. The van der Waals surface area contributed by atoms with E-state index in [4.69, 9.17) is 26.3 Å². The molecule has 1 saturated heterocycles. The van der Waals surface area contributed by atoms with Crippen LogP contribution >= 0.6 is 11.6 Å². The Bertz CT molecular complexity index is 1910. The van der Waals surface area contributed by atoms with Crippen molar-refractivity contribution in [2.24, 2.45) is 5.10 Å². The summed E-state index contributed by atoms with van der Waals surface area (Å²) in [6, 6.07) is 16.4. The molecule has 2 aliphatic heterocycles. The number of anilines is 2. The second-order valence-corrected chi connectivity index (χ2v) is 12.8. The van der Waals surface area contributed by atoms with Gasteiger partial charge < -0.3 is 25.8 Å². The van der Waals surface area contributed by atoms with Gasteiger partial charge in [0.15, 0.2) is 6.23 Å². The molecule has 4 heterocycles. The molecule has 1 aliphatic carbocycles. The molecule has 1 amide bonds. The van der Waals surface area contributed by atoms with Crippen LogP contribution in [0.1, 0.15) is 65.0 Å². The number of ether oxygens (including phenoxy) is 1. The lowest BCUT2D eigenvalue weighted by Crippen LogP contribution is -2.36. The summed E-state index contributed by atoms with van der Waals surface area (Å²) in [4.78, 5) is 21.3. The molecule has 47 heavy (non-hydrogen) atoms. The summed E-state index contributed by atoms with van der Waals surface area (Å²) in [6.45, 7) is 4.69. The van der Waals surface area contributed by atoms with Crippen molar-refractivity contribution in [2.75, 3.05) is 26.0 Å². The molecule has 3 aliphatic rings. The van der Waals surface area contributed by atoms with Gasteiger partial charge in [-0.05, 0) is 68.0 Å². The van der Waals surface area contributed by atoms with Gasteiger partial charge in [0.25, 0.3) is 0 Å². The number of nitrogens with zero attached hydrogens (tertiary/aromatic N) is 4. The van der Waals surface area contributed by atoms with E-state index in [1.807, 2.05) is 50.2 Å². The first kappa shape index (κ1) is 31.1. The Hall–Kier alpha value is -4.51. The van der Waals surface area contributed by atoms with Crippen LogP contribution in [0.3, 0.4) is 0 Å². The SMILES string of the molecule is COc1nc(-c2cccc(-c3cccc(Nc4nc(C)cc5c4C(O)N(C)N=C5)c3C)c2Cl)cc2c1[C@@H](NC[C@H]1CCC(=O)N1)CC2. The lowest BCUT2D eigenvalue weighted by molar-refractivity contribution is -0.119. The monoisotopic (exact) mass is 651 g/mol. The lowest BCUT2D eigenvalue weighted by Gasteiger charge is -2.28. The standard InChI is InChI=1S/C36H38ClN7O3/c1-19-15-22-17-39-44(3)36(46)32(22)34(40-19)42-27-10-6-7-24(20(27)2)25-8-5-9-26(33(25)37)29-16-21-11-13-28(31(21)35(43-29)47-4)38-18-23-12-14-30(45)41-23/h5-10,15-17,23,28,36,38,46H,11-14,18H2,1-4H3,(H,40,42)(H,41,45)/t23-,28+,36?/m1/s1. The Kier molecular flexibility index (Phi) is 8.34. The van der Waals surface area contributed by atoms with Crippen LogP contribution in [0, 0.1) is 13.8 Å². The molecule has 4 aromatic rings. The number of aliphatic hydroxyl groups is 1. The number of hydrogen-bond acceptors (Lipinski definition) is 9.